The molecule has 0 radical (unpaired) electrons. The second-order valence-corrected chi connectivity index (χ2v) is 5.61. The molecule has 1 rings (SSSR count). The minimum Gasteiger partial charge on any atom is -0.486 e. The summed E-state index contributed by atoms with van der Waals surface area (Å²) >= 11 is 0. The summed E-state index contributed by atoms with van der Waals surface area (Å²) in [4.78, 5) is 0. The average Bonchev–Trinajstić information content (AvgIpc) is 2.28. The fourth-order valence-corrected chi connectivity index (χ4v) is 2.25. The van der Waals surface area contributed by atoms with Gasteiger partial charge in [0, 0.05) is 6.54 Å². The average molecular weight is 249 g/mol. The quantitative estimate of drug-likeness (QED) is 0.826. The standard InChI is InChI=1S/C16H27NO/c1-7-16(5,11-17-6)18-14-8-9-15(12(2)3)13(4)10-14/h8-10,12,17H,7,11H2,1-6H3. The third-order valence-corrected chi connectivity index (χ3v) is 3.53. The number of hydrogen-bond donors (Lipinski definition) is 1. The van der Waals surface area contributed by atoms with Crippen LogP contribution >= 0.6 is 0 Å². The highest BCUT2D eigenvalue weighted by Crippen LogP contribution is 2.26. The molecule has 1 N–H and O–H groups in total. The molecule has 1 atom stereocenters. The summed E-state index contributed by atoms with van der Waals surface area (Å²) < 4.78 is 6.14. The van der Waals surface area contributed by atoms with Gasteiger partial charge in [0.25, 0.3) is 0 Å². The van der Waals surface area contributed by atoms with Gasteiger partial charge in [-0.1, -0.05) is 26.8 Å². The summed E-state index contributed by atoms with van der Waals surface area (Å²) in [5, 5.41) is 3.20. The first-order chi connectivity index (χ1) is 8.41. The number of benzene rings is 1. The van der Waals surface area contributed by atoms with Gasteiger partial charge in [0.05, 0.1) is 0 Å². The van der Waals surface area contributed by atoms with Gasteiger partial charge < -0.3 is 10.1 Å². The van der Waals surface area contributed by atoms with Crippen molar-refractivity contribution >= 4 is 0 Å². The predicted octanol–water partition coefficient (Wildman–Crippen LogP) is 3.89. The highest BCUT2D eigenvalue weighted by atomic mass is 16.5. The largest absolute Gasteiger partial charge is 0.486 e. The highest BCUT2D eigenvalue weighted by Gasteiger charge is 2.23. The Morgan fingerprint density at radius 1 is 1.33 bits per heavy atom. The van der Waals surface area contributed by atoms with Crippen molar-refractivity contribution in [1.82, 2.24) is 5.32 Å². The first-order valence-electron chi connectivity index (χ1n) is 6.86. The van der Waals surface area contributed by atoms with Crippen molar-refractivity contribution in [3.8, 4) is 5.75 Å². The SMILES string of the molecule is CCC(C)(CNC)Oc1ccc(C(C)C)c(C)c1. The van der Waals surface area contributed by atoms with Crippen LogP contribution in [0.2, 0.25) is 0 Å². The molecule has 18 heavy (non-hydrogen) atoms. The topological polar surface area (TPSA) is 21.3 Å². The second kappa shape index (κ2) is 6.24. The van der Waals surface area contributed by atoms with Gasteiger partial charge in [-0.05, 0) is 56.5 Å². The molecule has 0 saturated carbocycles. The van der Waals surface area contributed by atoms with Crippen LogP contribution in [-0.4, -0.2) is 19.2 Å². The zero-order valence-electron chi connectivity index (χ0n) is 12.6. The van der Waals surface area contributed by atoms with Crippen LogP contribution in [0, 0.1) is 6.92 Å². The van der Waals surface area contributed by atoms with Gasteiger partial charge in [-0.25, -0.2) is 0 Å². The Balaban J connectivity index is 2.88. The number of hydrogen-bond acceptors (Lipinski definition) is 2. The molecule has 0 spiro atoms. The molecule has 0 aliphatic heterocycles. The first kappa shape index (κ1) is 15.0. The van der Waals surface area contributed by atoms with Crippen LogP contribution in [0.1, 0.15) is 51.2 Å². The Kier molecular flexibility index (Phi) is 5.21. The minimum atomic E-state index is -0.138. The van der Waals surface area contributed by atoms with Gasteiger partial charge in [0.15, 0.2) is 0 Å². The molecule has 0 amide bonds. The van der Waals surface area contributed by atoms with Crippen LogP contribution in [0.4, 0.5) is 0 Å². The summed E-state index contributed by atoms with van der Waals surface area (Å²) in [7, 11) is 1.96. The fourth-order valence-electron chi connectivity index (χ4n) is 2.25. The van der Waals surface area contributed by atoms with Crippen molar-refractivity contribution < 1.29 is 4.74 Å². The van der Waals surface area contributed by atoms with Crippen molar-refractivity contribution in [3.05, 3.63) is 29.3 Å². The maximum Gasteiger partial charge on any atom is 0.120 e. The van der Waals surface area contributed by atoms with E-state index in [0.717, 1.165) is 18.7 Å². The van der Waals surface area contributed by atoms with E-state index in [1.165, 1.54) is 11.1 Å². The Morgan fingerprint density at radius 2 is 2.00 bits per heavy atom. The number of rotatable bonds is 6. The maximum atomic E-state index is 6.14. The number of nitrogens with one attached hydrogen (secondary N) is 1. The fraction of sp³-hybridized carbons (Fsp3) is 0.625. The van der Waals surface area contributed by atoms with E-state index in [4.69, 9.17) is 4.74 Å². The van der Waals surface area contributed by atoms with Crippen molar-refractivity contribution in [3.63, 3.8) is 0 Å². The first-order valence-corrected chi connectivity index (χ1v) is 6.86. The minimum absolute atomic E-state index is 0.138. The number of ether oxygens (including phenoxy) is 1. The molecule has 0 heterocycles. The third-order valence-electron chi connectivity index (χ3n) is 3.53. The lowest BCUT2D eigenvalue weighted by molar-refractivity contribution is 0.0857. The van der Waals surface area contributed by atoms with Crippen LogP contribution in [0.25, 0.3) is 0 Å². The van der Waals surface area contributed by atoms with E-state index in [-0.39, 0.29) is 5.60 Å². The zero-order chi connectivity index (χ0) is 13.8. The summed E-state index contributed by atoms with van der Waals surface area (Å²) in [6.07, 6.45) is 0.985. The van der Waals surface area contributed by atoms with Crippen LogP contribution < -0.4 is 10.1 Å². The van der Waals surface area contributed by atoms with Crippen molar-refractivity contribution in [2.24, 2.45) is 0 Å². The van der Waals surface area contributed by atoms with Crippen LogP contribution in [0.15, 0.2) is 18.2 Å². The summed E-state index contributed by atoms with van der Waals surface area (Å²) in [5.74, 6) is 1.53. The molecule has 0 saturated heterocycles. The number of aryl methyl sites for hydroxylation is 1. The van der Waals surface area contributed by atoms with Crippen LogP contribution in [0.5, 0.6) is 5.75 Å². The molecule has 0 aliphatic carbocycles. The molecule has 2 nitrogen and oxygen atoms in total. The third kappa shape index (κ3) is 3.74. The lowest BCUT2D eigenvalue weighted by Gasteiger charge is -2.30. The molecule has 1 aromatic rings. The van der Waals surface area contributed by atoms with Crippen molar-refractivity contribution in [1.29, 1.82) is 0 Å². The van der Waals surface area contributed by atoms with Gasteiger partial charge in [-0.2, -0.15) is 0 Å². The molecular formula is C16H27NO. The Labute approximate surface area is 112 Å². The Bertz CT molecular complexity index is 387. The van der Waals surface area contributed by atoms with Gasteiger partial charge in [-0.15, -0.1) is 0 Å². The zero-order valence-corrected chi connectivity index (χ0v) is 12.6. The van der Waals surface area contributed by atoms with E-state index in [1.807, 2.05) is 7.05 Å². The Hall–Kier alpha value is -1.02. The molecule has 0 aliphatic rings. The molecule has 2 heteroatoms. The van der Waals surface area contributed by atoms with E-state index in [9.17, 15) is 0 Å². The van der Waals surface area contributed by atoms with Crippen molar-refractivity contribution in [2.45, 2.75) is 52.6 Å². The van der Waals surface area contributed by atoms with Gasteiger partial charge in [-0.3, -0.25) is 0 Å². The summed E-state index contributed by atoms with van der Waals surface area (Å²) in [6, 6.07) is 6.43. The van der Waals surface area contributed by atoms with Crippen LogP contribution in [0.3, 0.4) is 0 Å². The van der Waals surface area contributed by atoms with Crippen molar-refractivity contribution in [2.75, 3.05) is 13.6 Å². The van der Waals surface area contributed by atoms with E-state index < -0.39 is 0 Å². The maximum absolute atomic E-state index is 6.14. The van der Waals surface area contributed by atoms with E-state index in [1.54, 1.807) is 0 Å². The van der Waals surface area contributed by atoms with Gasteiger partial charge in [0.2, 0.25) is 0 Å². The summed E-state index contributed by atoms with van der Waals surface area (Å²) in [5.41, 5.74) is 2.57. The Morgan fingerprint density at radius 3 is 2.44 bits per heavy atom. The molecule has 0 bridgehead atoms. The van der Waals surface area contributed by atoms with Gasteiger partial charge in [0.1, 0.15) is 11.4 Å². The second-order valence-electron chi connectivity index (χ2n) is 5.61. The van der Waals surface area contributed by atoms with Crippen LogP contribution in [-0.2, 0) is 0 Å². The molecule has 1 aromatic carbocycles. The van der Waals surface area contributed by atoms with E-state index in [0.29, 0.717) is 5.92 Å². The lowest BCUT2D eigenvalue weighted by Crippen LogP contribution is -2.41. The van der Waals surface area contributed by atoms with E-state index in [2.05, 4.69) is 58.1 Å². The smallest absolute Gasteiger partial charge is 0.120 e. The highest BCUT2D eigenvalue weighted by molar-refractivity contribution is 5.36. The lowest BCUT2D eigenvalue weighted by atomic mass is 9.97. The molecule has 102 valence electrons. The monoisotopic (exact) mass is 249 g/mol. The molecule has 1 unspecified atom stereocenters. The normalized spacial score (nSPS) is 14.6. The number of likely N-dealkylation sites (N-methyl/N-ethyl adjacent to an activating group) is 1. The summed E-state index contributed by atoms with van der Waals surface area (Å²) in [6.45, 7) is 11.8. The van der Waals surface area contributed by atoms with E-state index >= 15 is 0 Å². The van der Waals surface area contributed by atoms with Gasteiger partial charge >= 0.3 is 0 Å². The molecule has 0 aromatic heterocycles. The molecular weight excluding hydrogens is 222 g/mol. The predicted molar refractivity (Wildman–Crippen MR) is 78.5 cm³/mol. The molecule has 0 fully saturated rings.